The predicted molar refractivity (Wildman–Crippen MR) is 83.0 cm³/mol. The fourth-order valence-corrected chi connectivity index (χ4v) is 2.93. The molecule has 0 fully saturated rings. The van der Waals surface area contributed by atoms with Crippen LogP contribution < -0.4 is 17.2 Å². The van der Waals surface area contributed by atoms with Gasteiger partial charge in [0.1, 0.15) is 5.82 Å². The zero-order valence-electron chi connectivity index (χ0n) is 11.5. The van der Waals surface area contributed by atoms with Crippen LogP contribution in [0.3, 0.4) is 0 Å². The second-order valence-electron chi connectivity index (χ2n) is 5.42. The number of hydrogen-bond acceptors (Lipinski definition) is 4. The smallest absolute Gasteiger partial charge is 0.147 e. The van der Waals surface area contributed by atoms with Crippen LogP contribution >= 0.6 is 0 Å². The molecule has 0 saturated heterocycles. The third-order valence-corrected chi connectivity index (χ3v) is 4.09. The first-order chi connectivity index (χ1) is 9.66. The third kappa shape index (κ3) is 2.23. The molecule has 1 atom stereocenters. The van der Waals surface area contributed by atoms with Crippen LogP contribution in [0.25, 0.3) is 11.1 Å². The summed E-state index contributed by atoms with van der Waals surface area (Å²) < 4.78 is 0. The second-order valence-corrected chi connectivity index (χ2v) is 5.42. The van der Waals surface area contributed by atoms with Crippen LogP contribution in [0.2, 0.25) is 0 Å². The number of anilines is 2. The number of pyridine rings is 1. The molecule has 3 rings (SSSR count). The van der Waals surface area contributed by atoms with E-state index < -0.39 is 0 Å². The lowest BCUT2D eigenvalue weighted by Gasteiger charge is -2.15. The van der Waals surface area contributed by atoms with Crippen molar-refractivity contribution in [2.45, 2.75) is 31.7 Å². The highest BCUT2D eigenvalue weighted by Gasteiger charge is 2.16. The summed E-state index contributed by atoms with van der Waals surface area (Å²) in [4.78, 5) is 4.01. The summed E-state index contributed by atoms with van der Waals surface area (Å²) in [5.74, 6) is 0.383. The van der Waals surface area contributed by atoms with Gasteiger partial charge in [-0.3, -0.25) is 0 Å². The largest absolute Gasteiger partial charge is 0.395 e. The third-order valence-electron chi connectivity index (χ3n) is 4.09. The minimum absolute atomic E-state index is 0.154. The Balaban J connectivity index is 2.08. The number of fused-ring (bicyclic) bond motifs is 1. The topological polar surface area (TPSA) is 90.9 Å². The molecule has 0 bridgehead atoms. The standard InChI is InChI=1S/C16H20N4/c17-14-4-2-1-3-10-9-11(5-6-12(10)14)13-7-8-20-16(19)15(13)18/h5-9,14H,1-4,17-18H2,(H2,19,20). The summed E-state index contributed by atoms with van der Waals surface area (Å²) in [5, 5.41) is 0. The first-order valence-electron chi connectivity index (χ1n) is 7.05. The summed E-state index contributed by atoms with van der Waals surface area (Å²) in [6, 6.07) is 8.48. The van der Waals surface area contributed by atoms with E-state index in [1.807, 2.05) is 6.07 Å². The van der Waals surface area contributed by atoms with E-state index in [2.05, 4.69) is 23.2 Å². The maximum Gasteiger partial charge on any atom is 0.147 e. The van der Waals surface area contributed by atoms with Crippen molar-refractivity contribution in [1.82, 2.24) is 4.98 Å². The van der Waals surface area contributed by atoms with Gasteiger partial charge in [0.2, 0.25) is 0 Å². The molecule has 0 radical (unpaired) electrons. The number of nitrogens with two attached hydrogens (primary N) is 3. The molecular formula is C16H20N4. The minimum Gasteiger partial charge on any atom is -0.395 e. The number of aryl methyl sites for hydroxylation is 1. The quantitative estimate of drug-likeness (QED) is 0.693. The molecule has 4 heteroatoms. The molecule has 1 heterocycles. The minimum atomic E-state index is 0.154. The van der Waals surface area contributed by atoms with E-state index in [1.165, 1.54) is 24.0 Å². The maximum atomic E-state index is 6.23. The second kappa shape index (κ2) is 5.13. The summed E-state index contributed by atoms with van der Waals surface area (Å²) in [6.45, 7) is 0. The Hall–Kier alpha value is -2.07. The molecule has 4 nitrogen and oxygen atoms in total. The van der Waals surface area contributed by atoms with Gasteiger partial charge in [-0.05, 0) is 42.0 Å². The van der Waals surface area contributed by atoms with Crippen molar-refractivity contribution < 1.29 is 0 Å². The van der Waals surface area contributed by atoms with Gasteiger partial charge in [0, 0.05) is 17.8 Å². The number of nitrogens with zero attached hydrogens (tertiary/aromatic N) is 1. The average molecular weight is 268 g/mol. The van der Waals surface area contributed by atoms with Gasteiger partial charge in [-0.15, -0.1) is 0 Å². The first kappa shape index (κ1) is 12.9. The SMILES string of the molecule is Nc1nccc(-c2ccc3c(c2)CCCCC3N)c1N. The maximum absolute atomic E-state index is 6.23. The van der Waals surface area contributed by atoms with Crippen molar-refractivity contribution in [2.24, 2.45) is 5.73 Å². The Morgan fingerprint density at radius 1 is 1.10 bits per heavy atom. The van der Waals surface area contributed by atoms with Crippen LogP contribution in [0.4, 0.5) is 11.5 Å². The molecule has 2 aromatic rings. The zero-order valence-corrected chi connectivity index (χ0v) is 11.5. The summed E-state index contributed by atoms with van der Waals surface area (Å²) >= 11 is 0. The van der Waals surface area contributed by atoms with Crippen LogP contribution in [-0.4, -0.2) is 4.98 Å². The van der Waals surface area contributed by atoms with Crippen molar-refractivity contribution in [3.8, 4) is 11.1 Å². The van der Waals surface area contributed by atoms with Crippen LogP contribution in [-0.2, 0) is 6.42 Å². The van der Waals surface area contributed by atoms with E-state index >= 15 is 0 Å². The molecule has 1 unspecified atom stereocenters. The fraction of sp³-hybridized carbons (Fsp3) is 0.312. The molecule has 6 N–H and O–H groups in total. The Morgan fingerprint density at radius 2 is 1.95 bits per heavy atom. The highest BCUT2D eigenvalue weighted by molar-refractivity contribution is 5.82. The van der Waals surface area contributed by atoms with Gasteiger partial charge in [0.25, 0.3) is 0 Å². The summed E-state index contributed by atoms with van der Waals surface area (Å²) in [7, 11) is 0. The molecule has 1 aromatic heterocycles. The predicted octanol–water partition coefficient (Wildman–Crippen LogP) is 2.64. The van der Waals surface area contributed by atoms with E-state index in [4.69, 9.17) is 17.2 Å². The lowest BCUT2D eigenvalue weighted by molar-refractivity contribution is 0.615. The van der Waals surface area contributed by atoms with Gasteiger partial charge >= 0.3 is 0 Å². The Labute approximate surface area is 119 Å². The van der Waals surface area contributed by atoms with Gasteiger partial charge in [0.05, 0.1) is 5.69 Å². The van der Waals surface area contributed by atoms with E-state index in [-0.39, 0.29) is 6.04 Å². The molecule has 0 spiro atoms. The van der Waals surface area contributed by atoms with E-state index in [1.54, 1.807) is 6.20 Å². The lowest BCUT2D eigenvalue weighted by atomic mass is 9.94. The molecule has 1 aliphatic carbocycles. The average Bonchev–Trinajstić information content (AvgIpc) is 2.63. The normalized spacial score (nSPS) is 18.4. The first-order valence-corrected chi connectivity index (χ1v) is 7.05. The van der Waals surface area contributed by atoms with Crippen molar-refractivity contribution in [3.05, 3.63) is 41.6 Å². The van der Waals surface area contributed by atoms with Gasteiger partial charge in [-0.1, -0.05) is 24.6 Å². The van der Waals surface area contributed by atoms with E-state index in [0.717, 1.165) is 24.0 Å². The van der Waals surface area contributed by atoms with E-state index in [0.29, 0.717) is 11.5 Å². The Bertz CT molecular complexity index is 636. The van der Waals surface area contributed by atoms with Gasteiger partial charge in [-0.2, -0.15) is 0 Å². The summed E-state index contributed by atoms with van der Waals surface area (Å²) in [5.41, 5.74) is 23.2. The number of benzene rings is 1. The molecule has 20 heavy (non-hydrogen) atoms. The number of aromatic nitrogens is 1. The zero-order chi connectivity index (χ0) is 14.1. The van der Waals surface area contributed by atoms with Gasteiger partial charge in [0.15, 0.2) is 0 Å². The van der Waals surface area contributed by atoms with E-state index in [9.17, 15) is 0 Å². The van der Waals surface area contributed by atoms with Crippen molar-refractivity contribution in [1.29, 1.82) is 0 Å². The Morgan fingerprint density at radius 3 is 2.80 bits per heavy atom. The van der Waals surface area contributed by atoms with Crippen LogP contribution in [0, 0.1) is 0 Å². The molecule has 1 aliphatic rings. The van der Waals surface area contributed by atoms with Crippen molar-refractivity contribution in [2.75, 3.05) is 11.5 Å². The van der Waals surface area contributed by atoms with Crippen molar-refractivity contribution in [3.63, 3.8) is 0 Å². The molecular weight excluding hydrogens is 248 g/mol. The molecule has 1 aromatic carbocycles. The van der Waals surface area contributed by atoms with Gasteiger partial charge < -0.3 is 17.2 Å². The highest BCUT2D eigenvalue weighted by atomic mass is 14.9. The molecule has 0 saturated carbocycles. The van der Waals surface area contributed by atoms with Gasteiger partial charge in [-0.25, -0.2) is 4.98 Å². The highest BCUT2D eigenvalue weighted by Crippen LogP contribution is 2.33. The lowest BCUT2D eigenvalue weighted by Crippen LogP contribution is -2.10. The summed E-state index contributed by atoms with van der Waals surface area (Å²) in [6.07, 6.45) is 6.22. The molecule has 104 valence electrons. The van der Waals surface area contributed by atoms with Crippen molar-refractivity contribution >= 4 is 11.5 Å². The number of nitrogen functional groups attached to an aromatic ring is 2. The van der Waals surface area contributed by atoms with Crippen LogP contribution in [0.15, 0.2) is 30.5 Å². The monoisotopic (exact) mass is 268 g/mol. The fourth-order valence-electron chi connectivity index (χ4n) is 2.93. The number of hydrogen-bond donors (Lipinski definition) is 3. The van der Waals surface area contributed by atoms with Crippen LogP contribution in [0.5, 0.6) is 0 Å². The van der Waals surface area contributed by atoms with Crippen LogP contribution in [0.1, 0.15) is 36.4 Å². The molecule has 0 aliphatic heterocycles. The Kier molecular flexibility index (Phi) is 3.32. The molecule has 0 amide bonds. The number of rotatable bonds is 1.